The van der Waals surface area contributed by atoms with E-state index in [4.69, 9.17) is 0 Å². The molecule has 1 aromatic heterocycles. The molecule has 1 heterocycles. The minimum atomic E-state index is -0.776. The van der Waals surface area contributed by atoms with Crippen LogP contribution in [0.4, 0.5) is 8.78 Å². The van der Waals surface area contributed by atoms with E-state index in [1.54, 1.807) is 0 Å². The maximum absolute atomic E-state index is 13.3. The van der Waals surface area contributed by atoms with Gasteiger partial charge in [-0.3, -0.25) is 9.59 Å². The van der Waals surface area contributed by atoms with Crippen LogP contribution in [0.2, 0.25) is 0 Å². The molecule has 0 atom stereocenters. The highest BCUT2D eigenvalue weighted by molar-refractivity contribution is 7.99. The average Bonchev–Trinajstić information content (AvgIpc) is 2.39. The molecule has 2 aromatic rings. The number of carbonyl (C=O) groups is 1. The summed E-state index contributed by atoms with van der Waals surface area (Å²) in [5.41, 5.74) is -0.660. The van der Waals surface area contributed by atoms with Crippen molar-refractivity contribution in [3.05, 3.63) is 58.0 Å². The third-order valence-corrected chi connectivity index (χ3v) is 3.10. The van der Waals surface area contributed by atoms with Crippen LogP contribution in [0, 0.1) is 11.6 Å². The number of aromatic nitrogens is 2. The average molecular weight is 282 g/mol. The van der Waals surface area contributed by atoms with Gasteiger partial charge in [-0.15, -0.1) is 0 Å². The minimum Gasteiger partial charge on any atom is -0.301 e. The Kier molecular flexibility index (Phi) is 4.06. The standard InChI is InChI=1S/C12H8F2N2O2S/c13-7-1-2-9(14)8(5-7)10(17)6-19-12-15-4-3-11(18)16-12/h1-5H,6H2,(H,15,16,18). The van der Waals surface area contributed by atoms with Gasteiger partial charge in [-0.05, 0) is 18.2 Å². The van der Waals surface area contributed by atoms with Crippen molar-refractivity contribution >= 4 is 17.5 Å². The van der Waals surface area contributed by atoms with Gasteiger partial charge in [-0.2, -0.15) is 0 Å². The van der Waals surface area contributed by atoms with Gasteiger partial charge in [0.2, 0.25) is 0 Å². The van der Waals surface area contributed by atoms with Crippen molar-refractivity contribution in [2.45, 2.75) is 5.16 Å². The van der Waals surface area contributed by atoms with Crippen LogP contribution in [0.1, 0.15) is 10.4 Å². The molecule has 7 heteroatoms. The molecule has 0 spiro atoms. The van der Waals surface area contributed by atoms with E-state index < -0.39 is 17.4 Å². The van der Waals surface area contributed by atoms with E-state index >= 15 is 0 Å². The van der Waals surface area contributed by atoms with Crippen molar-refractivity contribution in [2.75, 3.05) is 5.75 Å². The van der Waals surface area contributed by atoms with Crippen molar-refractivity contribution in [1.29, 1.82) is 0 Å². The summed E-state index contributed by atoms with van der Waals surface area (Å²) in [4.78, 5) is 29.0. The summed E-state index contributed by atoms with van der Waals surface area (Å²) in [5.74, 6) is -2.18. The van der Waals surface area contributed by atoms with Gasteiger partial charge >= 0.3 is 0 Å². The normalized spacial score (nSPS) is 10.4. The van der Waals surface area contributed by atoms with Gasteiger partial charge in [-0.1, -0.05) is 11.8 Å². The second-order valence-electron chi connectivity index (χ2n) is 3.58. The van der Waals surface area contributed by atoms with Crippen LogP contribution in [0.3, 0.4) is 0 Å². The van der Waals surface area contributed by atoms with Crippen molar-refractivity contribution in [3.8, 4) is 0 Å². The zero-order valence-corrected chi connectivity index (χ0v) is 10.3. The first-order valence-electron chi connectivity index (χ1n) is 5.22. The maximum Gasteiger partial charge on any atom is 0.251 e. The van der Waals surface area contributed by atoms with Crippen LogP contribution in [0.5, 0.6) is 0 Å². The lowest BCUT2D eigenvalue weighted by molar-refractivity contribution is 0.101. The van der Waals surface area contributed by atoms with Gasteiger partial charge in [0.25, 0.3) is 5.56 Å². The fourth-order valence-corrected chi connectivity index (χ4v) is 2.08. The second kappa shape index (κ2) is 5.75. The molecule has 1 N–H and O–H groups in total. The first kappa shape index (κ1) is 13.4. The number of hydrogen-bond donors (Lipinski definition) is 1. The van der Waals surface area contributed by atoms with Crippen molar-refractivity contribution in [1.82, 2.24) is 9.97 Å². The third-order valence-electron chi connectivity index (χ3n) is 2.22. The molecule has 0 saturated carbocycles. The molecule has 0 aliphatic heterocycles. The van der Waals surface area contributed by atoms with E-state index in [2.05, 4.69) is 9.97 Å². The number of thioether (sulfide) groups is 1. The lowest BCUT2D eigenvalue weighted by atomic mass is 10.1. The van der Waals surface area contributed by atoms with E-state index in [1.807, 2.05) is 0 Å². The van der Waals surface area contributed by atoms with Gasteiger partial charge in [0.1, 0.15) is 11.6 Å². The zero-order chi connectivity index (χ0) is 13.8. The summed E-state index contributed by atoms with van der Waals surface area (Å²) < 4.78 is 26.3. The van der Waals surface area contributed by atoms with Crippen LogP contribution in [-0.2, 0) is 0 Å². The first-order chi connectivity index (χ1) is 9.06. The first-order valence-corrected chi connectivity index (χ1v) is 6.21. The van der Waals surface area contributed by atoms with Crippen LogP contribution in [0.15, 0.2) is 40.4 Å². The number of H-pyrrole nitrogens is 1. The number of carbonyl (C=O) groups excluding carboxylic acids is 1. The molecule has 0 saturated heterocycles. The number of rotatable bonds is 4. The Morgan fingerprint density at radius 1 is 1.32 bits per heavy atom. The number of ketones is 1. The number of halogens is 2. The van der Waals surface area contributed by atoms with Gasteiger partial charge < -0.3 is 4.98 Å². The molecule has 2 rings (SSSR count). The molecule has 98 valence electrons. The Morgan fingerprint density at radius 2 is 2.11 bits per heavy atom. The summed E-state index contributed by atoms with van der Waals surface area (Å²) in [6.07, 6.45) is 1.30. The fourth-order valence-electron chi connectivity index (χ4n) is 1.35. The fraction of sp³-hybridized carbons (Fsp3) is 0.0833. The molecule has 0 fully saturated rings. The van der Waals surface area contributed by atoms with Crippen LogP contribution >= 0.6 is 11.8 Å². The van der Waals surface area contributed by atoms with Gasteiger partial charge in [0, 0.05) is 12.3 Å². The summed E-state index contributed by atoms with van der Waals surface area (Å²) in [5, 5.41) is 0.248. The largest absolute Gasteiger partial charge is 0.301 e. The van der Waals surface area contributed by atoms with E-state index in [0.29, 0.717) is 0 Å². The lowest BCUT2D eigenvalue weighted by Gasteiger charge is -2.02. The molecular weight excluding hydrogens is 274 g/mol. The Labute approximate surface area is 110 Å². The number of hydrogen-bond acceptors (Lipinski definition) is 4. The molecule has 1 aromatic carbocycles. The maximum atomic E-state index is 13.3. The van der Waals surface area contributed by atoms with Crippen molar-refractivity contribution < 1.29 is 13.6 Å². The monoisotopic (exact) mass is 282 g/mol. The predicted octanol–water partition coefficient (Wildman–Crippen LogP) is 2.02. The molecule has 0 amide bonds. The molecule has 4 nitrogen and oxygen atoms in total. The summed E-state index contributed by atoms with van der Waals surface area (Å²) in [6.45, 7) is 0. The number of Topliss-reactive ketones (excluding diaryl/α,β-unsaturated/α-hetero) is 1. The molecule has 0 radical (unpaired) electrons. The topological polar surface area (TPSA) is 62.8 Å². The molecule has 0 bridgehead atoms. The van der Waals surface area contributed by atoms with Crippen molar-refractivity contribution in [3.63, 3.8) is 0 Å². The highest BCUT2D eigenvalue weighted by Gasteiger charge is 2.13. The smallest absolute Gasteiger partial charge is 0.251 e. The highest BCUT2D eigenvalue weighted by Crippen LogP contribution is 2.16. The number of nitrogens with zero attached hydrogens (tertiary/aromatic N) is 1. The Balaban J connectivity index is 2.09. The molecule has 19 heavy (non-hydrogen) atoms. The minimum absolute atomic E-state index is 0.146. The second-order valence-corrected chi connectivity index (χ2v) is 4.54. The number of nitrogens with one attached hydrogen (secondary N) is 1. The number of benzene rings is 1. The third kappa shape index (κ3) is 3.47. The SMILES string of the molecule is O=C(CSc1nccc(=O)[nH]1)c1cc(F)ccc1F. The Morgan fingerprint density at radius 3 is 2.84 bits per heavy atom. The quantitative estimate of drug-likeness (QED) is 0.529. The summed E-state index contributed by atoms with van der Waals surface area (Å²) >= 11 is 0.947. The highest BCUT2D eigenvalue weighted by atomic mass is 32.2. The molecular formula is C12H8F2N2O2S. The van der Waals surface area contributed by atoms with E-state index in [1.165, 1.54) is 12.3 Å². The predicted molar refractivity (Wildman–Crippen MR) is 66.3 cm³/mol. The summed E-state index contributed by atoms with van der Waals surface area (Å²) in [7, 11) is 0. The molecule has 0 aliphatic carbocycles. The van der Waals surface area contributed by atoms with Gasteiger partial charge in [0.05, 0.1) is 11.3 Å². The summed E-state index contributed by atoms with van der Waals surface area (Å²) in [6, 6.07) is 3.92. The van der Waals surface area contributed by atoms with E-state index in [0.717, 1.165) is 30.0 Å². The van der Waals surface area contributed by atoms with Gasteiger partial charge in [-0.25, -0.2) is 13.8 Å². The zero-order valence-electron chi connectivity index (χ0n) is 9.52. The van der Waals surface area contributed by atoms with Crippen molar-refractivity contribution in [2.24, 2.45) is 0 Å². The molecule has 0 unspecified atom stereocenters. The Hall–Kier alpha value is -2.02. The lowest BCUT2D eigenvalue weighted by Crippen LogP contribution is -2.09. The Bertz CT molecular complexity index is 673. The molecule has 0 aliphatic rings. The van der Waals surface area contributed by atoms with E-state index in [9.17, 15) is 18.4 Å². The van der Waals surface area contributed by atoms with Crippen LogP contribution in [-0.4, -0.2) is 21.5 Å². The van der Waals surface area contributed by atoms with Gasteiger partial charge in [0.15, 0.2) is 10.9 Å². The van der Waals surface area contributed by atoms with E-state index in [-0.39, 0.29) is 22.0 Å². The number of aromatic amines is 1. The van der Waals surface area contributed by atoms with Crippen LogP contribution in [0.25, 0.3) is 0 Å². The van der Waals surface area contributed by atoms with Crippen LogP contribution < -0.4 is 5.56 Å².